The summed E-state index contributed by atoms with van der Waals surface area (Å²) in [6.45, 7) is 13.8. The number of aliphatic carboxylic acids is 1. The van der Waals surface area contributed by atoms with Gasteiger partial charge in [0.2, 0.25) is 0 Å². The molecular formula is C52H84O21. The van der Waals surface area contributed by atoms with E-state index in [4.69, 9.17) is 42.6 Å². The van der Waals surface area contributed by atoms with Crippen LogP contribution in [0.25, 0.3) is 0 Å². The molecule has 4 saturated heterocycles. The smallest absolute Gasteiger partial charge is 0.310 e. The number of fused-ring (bicyclic) bond motifs is 7. The van der Waals surface area contributed by atoms with Crippen LogP contribution in [-0.4, -0.2) is 211 Å². The van der Waals surface area contributed by atoms with E-state index < -0.39 is 147 Å². The van der Waals surface area contributed by atoms with Gasteiger partial charge in [0, 0.05) is 7.11 Å². The average Bonchev–Trinajstić information content (AvgIpc) is 3.34. The third kappa shape index (κ3) is 9.10. The van der Waals surface area contributed by atoms with Gasteiger partial charge < -0.3 is 98.8 Å². The maximum Gasteiger partial charge on any atom is 0.310 e. The second-order valence-corrected chi connectivity index (χ2v) is 24.9. The molecule has 21 heteroatoms. The molecule has 21 nitrogen and oxygen atoms in total. The van der Waals surface area contributed by atoms with E-state index in [-0.39, 0.29) is 46.0 Å². The molecule has 9 aliphatic rings. The Labute approximate surface area is 427 Å². The summed E-state index contributed by atoms with van der Waals surface area (Å²) in [5.74, 6) is -0.379. The highest BCUT2D eigenvalue weighted by molar-refractivity contribution is 5.76. The van der Waals surface area contributed by atoms with Crippen molar-refractivity contribution in [2.75, 3.05) is 26.9 Å². The van der Waals surface area contributed by atoms with Crippen LogP contribution in [0.1, 0.15) is 113 Å². The minimum atomic E-state index is -1.88. The number of allylic oxidation sites excluding steroid dienone is 2. The van der Waals surface area contributed by atoms with Gasteiger partial charge in [-0.05, 0) is 117 Å². The van der Waals surface area contributed by atoms with E-state index in [1.165, 1.54) is 12.5 Å². The molecule has 8 fully saturated rings. The van der Waals surface area contributed by atoms with E-state index >= 15 is 0 Å². The second kappa shape index (κ2) is 20.3. The lowest BCUT2D eigenvalue weighted by Gasteiger charge is -2.71. The molecule has 9 rings (SSSR count). The minimum Gasteiger partial charge on any atom is -0.481 e. The SMILES string of the molecule is CO[C@@]1(C)[C@H](O[C@H]2OC[C@@H](O)[C@@H](O)[C@@H]2O[C@H]2O[C@H](C)[C@@H](O)[C@H](O[C@H]3OC[C@H](O[C@H]4O[C@@H](CO)[C@H](O)[C@@H](O)[C@@H]4O)[C@H](O)[C@@H]3O)[C@@H]2O)CC[C@]2(C)[C@H]3CC=C4[C@H]5CC(C)(C)CC[C@@]5(C(=O)O)CC[C@@]4(C)[C@]3(C)CC[C@@H]21. The van der Waals surface area contributed by atoms with Gasteiger partial charge in [-0.3, -0.25) is 4.79 Å². The lowest BCUT2D eigenvalue weighted by atomic mass is 9.34. The number of methoxy groups -OCH3 is 1. The Morgan fingerprint density at radius 2 is 1.32 bits per heavy atom. The molecule has 0 aromatic heterocycles. The number of aliphatic hydroxyl groups excluding tert-OH is 10. The summed E-state index contributed by atoms with van der Waals surface area (Å²) in [6, 6.07) is 0. The predicted octanol–water partition coefficient (Wildman–Crippen LogP) is 0.215. The summed E-state index contributed by atoms with van der Waals surface area (Å²) in [6.07, 6.45) is -18.6. The van der Waals surface area contributed by atoms with Crippen molar-refractivity contribution < 1.29 is 104 Å². The summed E-state index contributed by atoms with van der Waals surface area (Å²) >= 11 is 0. The molecule has 0 bridgehead atoms. The molecule has 418 valence electrons. The highest BCUT2D eigenvalue weighted by atomic mass is 16.8. The highest BCUT2D eigenvalue weighted by Gasteiger charge is 2.70. The third-order valence-electron chi connectivity index (χ3n) is 20.7. The van der Waals surface area contributed by atoms with Crippen molar-refractivity contribution in [3.63, 3.8) is 0 Å². The van der Waals surface area contributed by atoms with Crippen molar-refractivity contribution in [1.29, 1.82) is 0 Å². The molecule has 27 atom stereocenters. The van der Waals surface area contributed by atoms with E-state index in [0.717, 1.165) is 44.9 Å². The zero-order chi connectivity index (χ0) is 53.1. The quantitative estimate of drug-likeness (QED) is 0.0974. The third-order valence-corrected chi connectivity index (χ3v) is 20.7. The average molecular weight is 1050 g/mol. The first-order chi connectivity index (χ1) is 34.2. The van der Waals surface area contributed by atoms with Crippen LogP contribution < -0.4 is 0 Å². The Morgan fingerprint density at radius 3 is 2.00 bits per heavy atom. The molecule has 0 unspecified atom stereocenters. The number of hydrogen-bond acceptors (Lipinski definition) is 20. The fraction of sp³-hybridized carbons (Fsp3) is 0.942. The molecule has 73 heavy (non-hydrogen) atoms. The Balaban J connectivity index is 0.887. The molecule has 5 aliphatic carbocycles. The molecule has 0 aromatic rings. The molecular weight excluding hydrogens is 961 g/mol. The molecule has 0 radical (unpaired) electrons. The number of aliphatic hydroxyl groups is 10. The van der Waals surface area contributed by atoms with Gasteiger partial charge in [0.1, 0.15) is 79.4 Å². The van der Waals surface area contributed by atoms with Crippen molar-refractivity contribution in [2.45, 2.75) is 235 Å². The summed E-state index contributed by atoms with van der Waals surface area (Å²) in [7, 11) is 1.68. The number of carbonyl (C=O) groups is 1. The summed E-state index contributed by atoms with van der Waals surface area (Å²) in [4.78, 5) is 13.2. The number of rotatable bonds is 11. The van der Waals surface area contributed by atoms with Gasteiger partial charge in [-0.1, -0.05) is 46.3 Å². The number of hydrogen-bond donors (Lipinski definition) is 11. The monoisotopic (exact) mass is 1040 g/mol. The van der Waals surface area contributed by atoms with Crippen molar-refractivity contribution in [3.05, 3.63) is 11.6 Å². The van der Waals surface area contributed by atoms with Gasteiger partial charge in [0.05, 0.1) is 43.0 Å². The number of ether oxygens (including phenoxy) is 9. The van der Waals surface area contributed by atoms with Gasteiger partial charge >= 0.3 is 5.97 Å². The van der Waals surface area contributed by atoms with Gasteiger partial charge in [-0.15, -0.1) is 0 Å². The Kier molecular flexibility index (Phi) is 15.6. The van der Waals surface area contributed by atoms with Crippen LogP contribution in [0.5, 0.6) is 0 Å². The van der Waals surface area contributed by atoms with Crippen LogP contribution in [-0.2, 0) is 47.4 Å². The van der Waals surface area contributed by atoms with Crippen LogP contribution in [0.3, 0.4) is 0 Å². The number of carboxylic acids is 1. The first kappa shape index (κ1) is 56.2. The topological polar surface area (TPSA) is 323 Å². The lowest BCUT2D eigenvalue weighted by molar-refractivity contribution is -0.384. The van der Waals surface area contributed by atoms with Crippen LogP contribution in [0.4, 0.5) is 0 Å². The maximum atomic E-state index is 13.2. The molecule has 0 aromatic carbocycles. The highest BCUT2D eigenvalue weighted by Crippen LogP contribution is 2.75. The van der Waals surface area contributed by atoms with Crippen LogP contribution >= 0.6 is 0 Å². The van der Waals surface area contributed by atoms with Crippen LogP contribution in [0, 0.1) is 44.8 Å². The van der Waals surface area contributed by atoms with Crippen molar-refractivity contribution in [1.82, 2.24) is 0 Å². The molecule has 0 spiro atoms. The Morgan fingerprint density at radius 1 is 0.658 bits per heavy atom. The molecule has 4 heterocycles. The van der Waals surface area contributed by atoms with Crippen molar-refractivity contribution >= 4 is 5.97 Å². The summed E-state index contributed by atoms with van der Waals surface area (Å²) in [5, 5.41) is 119. The Hall–Kier alpha value is -1.55. The van der Waals surface area contributed by atoms with Gasteiger partial charge in [0.25, 0.3) is 0 Å². The molecule has 4 aliphatic heterocycles. The van der Waals surface area contributed by atoms with Gasteiger partial charge in [0.15, 0.2) is 25.2 Å². The zero-order valence-corrected chi connectivity index (χ0v) is 43.5. The molecule has 0 amide bonds. The van der Waals surface area contributed by atoms with E-state index in [1.807, 2.05) is 0 Å². The first-order valence-electron chi connectivity index (χ1n) is 26.6. The number of carboxylic acid groups (broad SMARTS) is 1. The normalized spacial score (nSPS) is 55.0. The fourth-order valence-corrected chi connectivity index (χ4v) is 15.8. The van der Waals surface area contributed by atoms with Crippen molar-refractivity contribution in [2.24, 2.45) is 44.8 Å². The predicted molar refractivity (Wildman–Crippen MR) is 251 cm³/mol. The lowest BCUT2D eigenvalue weighted by Crippen LogP contribution is -2.68. The van der Waals surface area contributed by atoms with Crippen molar-refractivity contribution in [3.8, 4) is 0 Å². The summed E-state index contributed by atoms with van der Waals surface area (Å²) in [5.41, 5.74) is -0.679. The van der Waals surface area contributed by atoms with Crippen LogP contribution in [0.2, 0.25) is 0 Å². The molecule has 11 N–H and O–H groups in total. The maximum absolute atomic E-state index is 13.2. The zero-order valence-electron chi connectivity index (χ0n) is 43.5. The molecule has 4 saturated carbocycles. The van der Waals surface area contributed by atoms with E-state index in [9.17, 15) is 61.0 Å². The van der Waals surface area contributed by atoms with Gasteiger partial charge in [-0.2, -0.15) is 0 Å². The largest absolute Gasteiger partial charge is 0.481 e. The minimum absolute atomic E-state index is 0.00440. The summed E-state index contributed by atoms with van der Waals surface area (Å²) < 4.78 is 54.3. The first-order valence-corrected chi connectivity index (χ1v) is 26.6. The Bertz CT molecular complexity index is 2010. The van der Waals surface area contributed by atoms with Gasteiger partial charge in [-0.25, -0.2) is 0 Å². The van der Waals surface area contributed by atoms with Crippen LogP contribution in [0.15, 0.2) is 11.6 Å². The standard InChI is InChI=1S/C52H84O21/c1-23-32(55)40(72-42-37(60)35(58)28(22-67-42)70-43-38(61)36(59)34(57)27(20-53)69-43)39(62)44(68-23)73-41-33(56)26(54)21-66-45(41)71-31-12-13-48(4)29-10-9-24-25-19-47(2,3)15-17-52(25,46(63)64)18-16-49(24,5)50(29,6)14-11-30(48)51(31,7)65-8/h9,23,25-45,53-62H,10-22H2,1-8H3,(H,63,64)/t23-,25-,26-,27+,28+,29-,30+,31-,32-,33-,34+,35+,36-,37+,38+,39+,40+,41+,42-,43-,44-,45-,48-,49-,50-,51-,52-/m1/s1. The van der Waals surface area contributed by atoms with E-state index in [2.05, 4.69) is 47.6 Å². The second-order valence-electron chi connectivity index (χ2n) is 24.9. The van der Waals surface area contributed by atoms with E-state index in [1.54, 1.807) is 7.11 Å². The fourth-order valence-electron chi connectivity index (χ4n) is 15.8. The van der Waals surface area contributed by atoms with E-state index in [0.29, 0.717) is 19.3 Å².